The Labute approximate surface area is 175 Å². The predicted molar refractivity (Wildman–Crippen MR) is 119 cm³/mol. The summed E-state index contributed by atoms with van der Waals surface area (Å²) in [6.07, 6.45) is 2.02. The molecule has 152 valence electrons. The molecule has 2 aromatic rings. The quantitative estimate of drug-likeness (QED) is 0.429. The van der Waals surface area contributed by atoms with Gasteiger partial charge in [0.1, 0.15) is 5.69 Å². The molecule has 29 heavy (non-hydrogen) atoms. The molecular weight excluding hydrogens is 388 g/mol. The van der Waals surface area contributed by atoms with Gasteiger partial charge in [-0.3, -0.25) is 20.2 Å². The predicted octanol–water partition coefficient (Wildman–Crippen LogP) is 4.45. The van der Waals surface area contributed by atoms with Crippen LogP contribution in [-0.4, -0.2) is 29.0 Å². The third-order valence-corrected chi connectivity index (χ3v) is 5.15. The van der Waals surface area contributed by atoms with Gasteiger partial charge in [-0.2, -0.15) is 0 Å². The van der Waals surface area contributed by atoms with Crippen molar-refractivity contribution in [3.05, 3.63) is 63.7 Å². The maximum Gasteiger partial charge on any atom is 0.293 e. The maximum atomic E-state index is 12.5. The largest absolute Gasteiger partial charge is 0.366 e. The van der Waals surface area contributed by atoms with Gasteiger partial charge in [0.2, 0.25) is 0 Å². The van der Waals surface area contributed by atoms with Gasteiger partial charge in [-0.15, -0.1) is 0 Å². The van der Waals surface area contributed by atoms with Crippen LogP contribution in [0.1, 0.15) is 48.5 Å². The first-order chi connectivity index (χ1) is 13.8. The van der Waals surface area contributed by atoms with Gasteiger partial charge >= 0.3 is 0 Å². The lowest BCUT2D eigenvalue weighted by atomic mass is 10.0. The summed E-state index contributed by atoms with van der Waals surface area (Å²) < 4.78 is 0. The molecule has 0 aromatic heterocycles. The summed E-state index contributed by atoms with van der Waals surface area (Å²) in [5.74, 6) is -0.0626. The summed E-state index contributed by atoms with van der Waals surface area (Å²) in [6, 6.07) is 12.3. The van der Waals surface area contributed by atoms with E-state index in [2.05, 4.69) is 24.5 Å². The Morgan fingerprint density at radius 1 is 1.14 bits per heavy atom. The minimum atomic E-state index is -0.489. The Balaban J connectivity index is 1.68. The number of carbonyl (C=O) groups is 1. The number of amides is 1. The Kier molecular flexibility index (Phi) is 6.43. The zero-order chi connectivity index (χ0) is 21.0. The van der Waals surface area contributed by atoms with Crippen molar-refractivity contribution >= 4 is 40.3 Å². The molecule has 0 bridgehead atoms. The zero-order valence-electron chi connectivity index (χ0n) is 16.5. The summed E-state index contributed by atoms with van der Waals surface area (Å²) in [5, 5.41) is 17.2. The van der Waals surface area contributed by atoms with Crippen LogP contribution >= 0.6 is 12.2 Å². The van der Waals surface area contributed by atoms with E-state index in [0.717, 1.165) is 31.6 Å². The van der Waals surface area contributed by atoms with E-state index < -0.39 is 10.8 Å². The van der Waals surface area contributed by atoms with Crippen molar-refractivity contribution in [1.82, 2.24) is 5.32 Å². The number of benzene rings is 2. The van der Waals surface area contributed by atoms with Crippen molar-refractivity contribution in [2.75, 3.05) is 23.3 Å². The maximum absolute atomic E-state index is 12.5. The van der Waals surface area contributed by atoms with E-state index in [-0.39, 0.29) is 16.4 Å². The molecule has 0 atom stereocenters. The van der Waals surface area contributed by atoms with Gasteiger partial charge in [-0.1, -0.05) is 26.0 Å². The standard InChI is InChI=1S/C21H24N4O3S/c1-14(2)15-5-8-17(9-6-15)22-21(29)23-20(26)16-7-10-18(19(13-16)25(27)28)24-11-3-4-12-24/h5-10,13-14H,3-4,11-12H2,1-2H3,(H2,22,23,26,29). The van der Waals surface area contributed by atoms with Crippen molar-refractivity contribution in [2.45, 2.75) is 32.6 Å². The number of hydrogen-bond acceptors (Lipinski definition) is 5. The minimum Gasteiger partial charge on any atom is -0.366 e. The van der Waals surface area contributed by atoms with E-state index >= 15 is 0 Å². The molecule has 7 nitrogen and oxygen atoms in total. The Morgan fingerprint density at radius 2 is 1.79 bits per heavy atom. The monoisotopic (exact) mass is 412 g/mol. The number of nitrogens with one attached hydrogen (secondary N) is 2. The van der Waals surface area contributed by atoms with Crippen LogP contribution in [0.4, 0.5) is 17.1 Å². The van der Waals surface area contributed by atoms with Gasteiger partial charge in [0.05, 0.1) is 4.92 Å². The first-order valence-corrected chi connectivity index (χ1v) is 10.0. The van der Waals surface area contributed by atoms with Crippen LogP contribution in [0.25, 0.3) is 0 Å². The highest BCUT2D eigenvalue weighted by Crippen LogP contribution is 2.31. The molecule has 8 heteroatoms. The van der Waals surface area contributed by atoms with Gasteiger partial charge in [0.25, 0.3) is 11.6 Å². The lowest BCUT2D eigenvalue weighted by molar-refractivity contribution is -0.384. The smallest absolute Gasteiger partial charge is 0.293 e. The third-order valence-electron chi connectivity index (χ3n) is 4.94. The fraction of sp³-hybridized carbons (Fsp3) is 0.333. The van der Waals surface area contributed by atoms with Crippen molar-refractivity contribution in [3.8, 4) is 0 Å². The second kappa shape index (κ2) is 9.00. The summed E-state index contributed by atoms with van der Waals surface area (Å²) in [5.41, 5.74) is 2.64. The van der Waals surface area contributed by atoms with Crippen LogP contribution in [0.5, 0.6) is 0 Å². The zero-order valence-corrected chi connectivity index (χ0v) is 17.3. The van der Waals surface area contributed by atoms with Crippen LogP contribution in [0.3, 0.4) is 0 Å². The molecule has 1 saturated heterocycles. The minimum absolute atomic E-state index is 0.0669. The van der Waals surface area contributed by atoms with Gasteiger partial charge in [0, 0.05) is 30.4 Å². The lowest BCUT2D eigenvalue weighted by Gasteiger charge is -2.18. The molecule has 0 saturated carbocycles. The Bertz CT molecular complexity index is 922. The van der Waals surface area contributed by atoms with Crippen LogP contribution in [0.2, 0.25) is 0 Å². The normalized spacial score (nSPS) is 13.4. The Hall–Kier alpha value is -3.00. The number of rotatable bonds is 5. The highest BCUT2D eigenvalue weighted by atomic mass is 32.1. The SMILES string of the molecule is CC(C)c1ccc(NC(=S)NC(=O)c2ccc(N3CCCC3)c([N+](=O)[O-])c2)cc1. The van der Waals surface area contributed by atoms with Crippen molar-refractivity contribution in [3.63, 3.8) is 0 Å². The van der Waals surface area contributed by atoms with E-state index in [9.17, 15) is 14.9 Å². The van der Waals surface area contributed by atoms with Gasteiger partial charge < -0.3 is 10.2 Å². The molecule has 0 unspecified atom stereocenters. The first kappa shape index (κ1) is 20.7. The lowest BCUT2D eigenvalue weighted by Crippen LogP contribution is -2.34. The van der Waals surface area contributed by atoms with Crippen molar-refractivity contribution < 1.29 is 9.72 Å². The topological polar surface area (TPSA) is 87.5 Å². The van der Waals surface area contributed by atoms with Crippen molar-refractivity contribution in [1.29, 1.82) is 0 Å². The average molecular weight is 413 g/mol. The van der Waals surface area contributed by atoms with Crippen LogP contribution in [0.15, 0.2) is 42.5 Å². The number of anilines is 2. The number of nitrogens with zero attached hydrogens (tertiary/aromatic N) is 2. The molecule has 2 N–H and O–H groups in total. The number of carbonyl (C=O) groups excluding carboxylic acids is 1. The van der Waals surface area contributed by atoms with Crippen molar-refractivity contribution in [2.24, 2.45) is 0 Å². The number of thiocarbonyl (C=S) groups is 1. The Morgan fingerprint density at radius 3 is 2.38 bits per heavy atom. The summed E-state index contributed by atoms with van der Waals surface area (Å²) in [4.78, 5) is 25.6. The molecule has 1 fully saturated rings. The summed E-state index contributed by atoms with van der Waals surface area (Å²) >= 11 is 5.21. The van der Waals surface area contributed by atoms with Crippen LogP contribution in [0, 0.1) is 10.1 Å². The molecule has 1 aliphatic heterocycles. The van der Waals surface area contributed by atoms with E-state index in [4.69, 9.17) is 12.2 Å². The number of nitro benzene ring substituents is 1. The van der Waals surface area contributed by atoms with Crippen LogP contribution < -0.4 is 15.5 Å². The molecule has 1 amide bonds. The van der Waals surface area contributed by atoms with E-state index in [1.54, 1.807) is 12.1 Å². The second-order valence-electron chi connectivity index (χ2n) is 7.34. The molecule has 0 radical (unpaired) electrons. The highest BCUT2D eigenvalue weighted by Gasteiger charge is 2.24. The second-order valence-corrected chi connectivity index (χ2v) is 7.75. The highest BCUT2D eigenvalue weighted by molar-refractivity contribution is 7.80. The fourth-order valence-electron chi connectivity index (χ4n) is 3.33. The molecule has 0 aliphatic carbocycles. The summed E-state index contributed by atoms with van der Waals surface area (Å²) in [6.45, 7) is 5.80. The fourth-order valence-corrected chi connectivity index (χ4v) is 3.54. The van der Waals surface area contributed by atoms with Gasteiger partial charge in [-0.05, 0) is 60.8 Å². The van der Waals surface area contributed by atoms with Crippen LogP contribution in [-0.2, 0) is 0 Å². The molecule has 3 rings (SSSR count). The summed E-state index contributed by atoms with van der Waals surface area (Å²) in [7, 11) is 0. The average Bonchev–Trinajstić information content (AvgIpc) is 3.22. The number of hydrogen-bond donors (Lipinski definition) is 2. The first-order valence-electron chi connectivity index (χ1n) is 9.61. The number of nitro groups is 1. The molecule has 1 aliphatic rings. The third kappa shape index (κ3) is 5.08. The van der Waals surface area contributed by atoms with Gasteiger partial charge in [0.15, 0.2) is 5.11 Å². The van der Waals surface area contributed by atoms with E-state index in [1.165, 1.54) is 11.6 Å². The molecule has 2 aromatic carbocycles. The molecule has 1 heterocycles. The van der Waals surface area contributed by atoms with E-state index in [0.29, 0.717) is 11.6 Å². The molecule has 0 spiro atoms. The van der Waals surface area contributed by atoms with E-state index in [1.807, 2.05) is 29.2 Å². The molecular formula is C21H24N4O3S. The van der Waals surface area contributed by atoms with Gasteiger partial charge in [-0.25, -0.2) is 0 Å².